The maximum absolute atomic E-state index is 12.6. The van der Waals surface area contributed by atoms with Gasteiger partial charge in [-0.05, 0) is 68.3 Å². The van der Waals surface area contributed by atoms with Crippen molar-refractivity contribution in [3.8, 4) is 5.75 Å². The van der Waals surface area contributed by atoms with Gasteiger partial charge >= 0.3 is 0 Å². The molecule has 2 aromatic rings. The number of likely N-dealkylation sites (tertiary alicyclic amines) is 1. The topological polar surface area (TPSA) is 41.6 Å². The summed E-state index contributed by atoms with van der Waals surface area (Å²) in [4.78, 5) is 16.0. The number of piperidine rings is 1. The van der Waals surface area contributed by atoms with Gasteiger partial charge in [-0.25, -0.2) is 0 Å². The highest BCUT2D eigenvalue weighted by molar-refractivity contribution is 8.00. The number of carbonyl (C=O) groups excluding carboxylic acids is 1. The Hall–Kier alpha value is -1.69. The van der Waals surface area contributed by atoms with Crippen LogP contribution in [0.4, 0.5) is 0 Å². The summed E-state index contributed by atoms with van der Waals surface area (Å²) in [5.74, 6) is 0.957. The monoisotopic (exact) mass is 432 g/mol. The van der Waals surface area contributed by atoms with Gasteiger partial charge in [0.1, 0.15) is 11.9 Å². The average molecular weight is 433 g/mol. The molecule has 1 aliphatic rings. The van der Waals surface area contributed by atoms with Gasteiger partial charge in [0, 0.05) is 29.6 Å². The Kier molecular flexibility index (Phi) is 8.28. The Morgan fingerprint density at radius 2 is 1.83 bits per heavy atom. The number of carbonyl (C=O) groups is 1. The van der Waals surface area contributed by atoms with Gasteiger partial charge in [0.15, 0.2) is 0 Å². The molecular formula is C23H29ClN2O2S. The molecule has 1 aliphatic heterocycles. The number of halogens is 1. The van der Waals surface area contributed by atoms with Crippen LogP contribution in [-0.2, 0) is 11.3 Å². The molecule has 0 aromatic heterocycles. The van der Waals surface area contributed by atoms with E-state index in [4.69, 9.17) is 16.3 Å². The van der Waals surface area contributed by atoms with Crippen LogP contribution in [0.5, 0.6) is 5.75 Å². The van der Waals surface area contributed by atoms with E-state index in [1.807, 2.05) is 55.5 Å². The van der Waals surface area contributed by atoms with Crippen LogP contribution in [0.1, 0.15) is 31.7 Å². The molecule has 0 saturated carbocycles. The van der Waals surface area contributed by atoms with Crippen molar-refractivity contribution in [1.29, 1.82) is 0 Å². The van der Waals surface area contributed by atoms with Crippen molar-refractivity contribution in [2.75, 3.05) is 20.1 Å². The molecule has 0 bridgehead atoms. The van der Waals surface area contributed by atoms with Crippen LogP contribution in [0, 0.1) is 0 Å². The smallest absolute Gasteiger partial charge is 0.233 e. The fourth-order valence-electron chi connectivity index (χ4n) is 3.28. The van der Waals surface area contributed by atoms with Gasteiger partial charge < -0.3 is 15.0 Å². The van der Waals surface area contributed by atoms with Gasteiger partial charge in [0.2, 0.25) is 5.91 Å². The molecule has 0 aliphatic carbocycles. The highest BCUT2D eigenvalue weighted by Crippen LogP contribution is 2.27. The van der Waals surface area contributed by atoms with Crippen LogP contribution >= 0.6 is 23.4 Å². The minimum Gasteiger partial charge on any atom is -0.490 e. The van der Waals surface area contributed by atoms with E-state index in [9.17, 15) is 4.79 Å². The average Bonchev–Trinajstić information content (AvgIpc) is 2.74. The van der Waals surface area contributed by atoms with Crippen LogP contribution in [0.25, 0.3) is 0 Å². The standard InChI is InChI=1S/C23H29ClN2O2S/c1-3-22(29-21-10-6-18(24)7-11-21)23(27)25-16-17-4-8-19(9-5-17)28-20-12-14-26(2)15-13-20/h4-11,20,22H,3,12-16H2,1-2H3,(H,25,27)/t22-/m0/s1. The van der Waals surface area contributed by atoms with Crippen LogP contribution in [0.15, 0.2) is 53.4 Å². The molecule has 4 nitrogen and oxygen atoms in total. The minimum absolute atomic E-state index is 0.0547. The van der Waals surface area contributed by atoms with Crippen molar-refractivity contribution in [1.82, 2.24) is 10.2 Å². The van der Waals surface area contributed by atoms with Crippen LogP contribution < -0.4 is 10.1 Å². The van der Waals surface area contributed by atoms with Gasteiger partial charge in [-0.2, -0.15) is 0 Å². The predicted octanol–water partition coefficient (Wildman–Crippen LogP) is 5.00. The van der Waals surface area contributed by atoms with E-state index >= 15 is 0 Å². The third-order valence-electron chi connectivity index (χ3n) is 5.11. The minimum atomic E-state index is -0.122. The number of ether oxygens (including phenoxy) is 1. The first-order chi connectivity index (χ1) is 14.0. The summed E-state index contributed by atoms with van der Waals surface area (Å²) in [5, 5.41) is 3.64. The number of amides is 1. The number of rotatable bonds is 8. The molecular weight excluding hydrogens is 404 g/mol. The van der Waals surface area contributed by atoms with Crippen molar-refractivity contribution >= 4 is 29.3 Å². The fourth-order valence-corrected chi connectivity index (χ4v) is 4.39. The van der Waals surface area contributed by atoms with E-state index in [1.165, 1.54) is 0 Å². The largest absolute Gasteiger partial charge is 0.490 e. The number of hydrogen-bond donors (Lipinski definition) is 1. The van der Waals surface area contributed by atoms with E-state index in [-0.39, 0.29) is 11.2 Å². The third kappa shape index (κ3) is 6.95. The van der Waals surface area contributed by atoms with Crippen LogP contribution in [-0.4, -0.2) is 42.3 Å². The van der Waals surface area contributed by atoms with Crippen molar-refractivity contribution in [3.05, 3.63) is 59.1 Å². The lowest BCUT2D eigenvalue weighted by atomic mass is 10.1. The van der Waals surface area contributed by atoms with Gasteiger partial charge in [0.25, 0.3) is 0 Å². The van der Waals surface area contributed by atoms with Crippen molar-refractivity contribution < 1.29 is 9.53 Å². The highest BCUT2D eigenvalue weighted by atomic mass is 35.5. The van der Waals surface area contributed by atoms with Gasteiger partial charge in [-0.3, -0.25) is 4.79 Å². The molecule has 1 N–H and O–H groups in total. The first kappa shape index (κ1) is 22.0. The first-order valence-corrected chi connectivity index (χ1v) is 11.4. The zero-order valence-electron chi connectivity index (χ0n) is 17.1. The Balaban J connectivity index is 1.46. The molecule has 0 radical (unpaired) electrons. The Bertz CT molecular complexity index is 774. The van der Waals surface area contributed by atoms with Crippen molar-refractivity contribution in [2.45, 2.75) is 49.0 Å². The van der Waals surface area contributed by atoms with E-state index in [2.05, 4.69) is 17.3 Å². The van der Waals surface area contributed by atoms with Crippen molar-refractivity contribution in [3.63, 3.8) is 0 Å². The Morgan fingerprint density at radius 1 is 1.17 bits per heavy atom. The molecule has 1 atom stereocenters. The molecule has 2 aromatic carbocycles. The summed E-state index contributed by atoms with van der Waals surface area (Å²) in [6.07, 6.45) is 3.20. The number of thioether (sulfide) groups is 1. The SMILES string of the molecule is CC[C@H](Sc1ccc(Cl)cc1)C(=O)NCc1ccc(OC2CCN(C)CC2)cc1. The lowest BCUT2D eigenvalue weighted by molar-refractivity contribution is -0.120. The number of benzene rings is 2. The molecule has 0 unspecified atom stereocenters. The lowest BCUT2D eigenvalue weighted by Crippen LogP contribution is -2.35. The highest BCUT2D eigenvalue weighted by Gasteiger charge is 2.19. The molecule has 1 saturated heterocycles. The number of hydrogen-bond acceptors (Lipinski definition) is 4. The molecule has 1 fully saturated rings. The van der Waals surface area contributed by atoms with E-state index in [0.717, 1.165) is 48.6 Å². The second kappa shape index (κ2) is 10.9. The number of nitrogens with zero attached hydrogens (tertiary/aromatic N) is 1. The fraction of sp³-hybridized carbons (Fsp3) is 0.435. The summed E-state index contributed by atoms with van der Waals surface area (Å²) in [5.41, 5.74) is 1.07. The normalized spacial score (nSPS) is 16.4. The summed E-state index contributed by atoms with van der Waals surface area (Å²) < 4.78 is 6.09. The van der Waals surface area contributed by atoms with Crippen LogP contribution in [0.3, 0.4) is 0 Å². The molecule has 156 valence electrons. The van der Waals surface area contributed by atoms with Gasteiger partial charge in [-0.1, -0.05) is 30.7 Å². The van der Waals surface area contributed by atoms with E-state index < -0.39 is 0 Å². The molecule has 29 heavy (non-hydrogen) atoms. The summed E-state index contributed by atoms with van der Waals surface area (Å²) in [7, 11) is 2.15. The molecule has 1 amide bonds. The zero-order chi connectivity index (χ0) is 20.6. The van der Waals surface area contributed by atoms with Crippen molar-refractivity contribution in [2.24, 2.45) is 0 Å². The summed E-state index contributed by atoms with van der Waals surface area (Å²) >= 11 is 7.50. The second-order valence-electron chi connectivity index (χ2n) is 7.45. The molecule has 0 spiro atoms. The Morgan fingerprint density at radius 3 is 2.45 bits per heavy atom. The third-order valence-corrected chi connectivity index (χ3v) is 6.74. The quantitative estimate of drug-likeness (QED) is 0.596. The molecule has 1 heterocycles. The molecule has 6 heteroatoms. The Labute approximate surface area is 183 Å². The van der Waals surface area contributed by atoms with Crippen LogP contribution in [0.2, 0.25) is 5.02 Å². The van der Waals surface area contributed by atoms with Gasteiger partial charge in [-0.15, -0.1) is 11.8 Å². The summed E-state index contributed by atoms with van der Waals surface area (Å²) in [6.45, 7) is 4.72. The maximum atomic E-state index is 12.6. The second-order valence-corrected chi connectivity index (χ2v) is 9.16. The van der Waals surface area contributed by atoms with E-state index in [0.29, 0.717) is 17.7 Å². The van der Waals surface area contributed by atoms with E-state index in [1.54, 1.807) is 11.8 Å². The summed E-state index contributed by atoms with van der Waals surface area (Å²) in [6, 6.07) is 15.7. The first-order valence-electron chi connectivity index (χ1n) is 10.2. The number of nitrogens with one attached hydrogen (secondary N) is 1. The molecule has 3 rings (SSSR count). The lowest BCUT2D eigenvalue weighted by Gasteiger charge is -2.29. The van der Waals surface area contributed by atoms with Gasteiger partial charge in [0.05, 0.1) is 5.25 Å². The zero-order valence-corrected chi connectivity index (χ0v) is 18.6. The maximum Gasteiger partial charge on any atom is 0.233 e. The predicted molar refractivity (Wildman–Crippen MR) is 121 cm³/mol.